The first-order chi connectivity index (χ1) is 14.8. The number of aliphatic hydroxyl groups excluding tert-OH is 2. The fraction of sp³-hybridized carbons (Fsp3) is 0.812. The molecule has 1 saturated carbocycles. The van der Waals surface area contributed by atoms with Crippen molar-refractivity contribution >= 4 is 26.7 Å². The monoisotopic (exact) mass is 503 g/mol. The Morgan fingerprint density at radius 3 is 2.34 bits per heavy atom. The van der Waals surface area contributed by atoms with Gasteiger partial charge in [0.15, 0.2) is 6.29 Å². The summed E-state index contributed by atoms with van der Waals surface area (Å²) < 4.78 is 80.1. The Kier molecular flexibility index (Phi) is 7.91. The van der Waals surface area contributed by atoms with E-state index in [1.165, 1.54) is 0 Å². The number of ether oxygens (including phenoxy) is 2. The molecule has 3 aliphatic rings. The molecule has 0 spiro atoms. The number of allylic oxidation sites excluding steroid dienone is 2. The smallest absolute Gasteiger partial charge is 0.387 e. The van der Waals surface area contributed by atoms with Crippen LogP contribution < -0.4 is 5.32 Å². The van der Waals surface area contributed by atoms with Gasteiger partial charge in [-0.2, -0.15) is 16.8 Å². The lowest BCUT2D eigenvalue weighted by Gasteiger charge is -2.41. The third-order valence-electron chi connectivity index (χ3n) is 5.55. The number of aliphatic hydroxyl groups is 2. The Morgan fingerprint density at radius 2 is 1.78 bits per heavy atom. The van der Waals surface area contributed by atoms with Gasteiger partial charge in [0.25, 0.3) is 0 Å². The van der Waals surface area contributed by atoms with E-state index in [9.17, 15) is 31.8 Å². The highest BCUT2D eigenvalue weighted by atomic mass is 32.3. The van der Waals surface area contributed by atoms with Crippen LogP contribution in [0.4, 0.5) is 0 Å². The molecule has 2 fully saturated rings. The maximum Gasteiger partial charge on any atom is 0.397 e. The normalized spacial score (nSPS) is 37.0. The average molecular weight is 504 g/mol. The van der Waals surface area contributed by atoms with Crippen LogP contribution in [0.15, 0.2) is 12.2 Å². The second-order valence-electron chi connectivity index (χ2n) is 7.77. The Balaban J connectivity index is 1.55. The lowest BCUT2D eigenvalue weighted by Crippen LogP contribution is -2.61. The predicted molar refractivity (Wildman–Crippen MR) is 102 cm³/mol. The van der Waals surface area contributed by atoms with Gasteiger partial charge in [0.1, 0.15) is 24.4 Å². The standard InChI is InChI=1S/C16H25NO13S2/c18-12-11(7-28-31(21,22)23)29-16(13(19)14(12)30-32(24,25)26)27-4-3-17-15(20)10-6-8-1-2-9(10)5-8/h1-2,8-14,16,18-19H,3-7H2,(H,17,20)(H,21,22,23)(H,24,25,26). The van der Waals surface area contributed by atoms with E-state index in [-0.39, 0.29) is 30.9 Å². The summed E-state index contributed by atoms with van der Waals surface area (Å²) in [4.78, 5) is 12.3. The van der Waals surface area contributed by atoms with Crippen LogP contribution in [0.25, 0.3) is 0 Å². The summed E-state index contributed by atoms with van der Waals surface area (Å²) >= 11 is 0. The molecule has 1 amide bonds. The lowest BCUT2D eigenvalue weighted by atomic mass is 9.93. The first kappa shape index (κ1) is 25.4. The van der Waals surface area contributed by atoms with Crippen LogP contribution in [0.1, 0.15) is 12.8 Å². The molecule has 16 heteroatoms. The number of hydrogen-bond donors (Lipinski definition) is 5. The van der Waals surface area contributed by atoms with Crippen molar-refractivity contribution < 1.29 is 58.8 Å². The largest absolute Gasteiger partial charge is 0.397 e. The summed E-state index contributed by atoms with van der Waals surface area (Å²) in [6.45, 7) is -1.17. The molecule has 8 unspecified atom stereocenters. The first-order valence-corrected chi connectivity index (χ1v) is 12.4. The molecule has 2 bridgehead atoms. The van der Waals surface area contributed by atoms with E-state index in [4.69, 9.17) is 18.6 Å². The zero-order valence-electron chi connectivity index (χ0n) is 16.6. The SMILES string of the molecule is O=C(NCCOC1OC(COS(=O)(=O)O)C(O)C(OS(=O)(=O)O)C1O)C1CC2C=CC1C2. The Labute approximate surface area is 184 Å². The number of carbonyl (C=O) groups excluding carboxylic acids is 1. The van der Waals surface area contributed by atoms with Crippen molar-refractivity contribution in [2.75, 3.05) is 19.8 Å². The third-order valence-corrected chi connectivity index (χ3v) is 6.45. The minimum atomic E-state index is -5.13. The van der Waals surface area contributed by atoms with Crippen molar-refractivity contribution in [2.45, 2.75) is 43.5 Å². The summed E-state index contributed by atoms with van der Waals surface area (Å²) in [5.74, 6) is 0.322. The molecule has 32 heavy (non-hydrogen) atoms. The molecule has 2 aliphatic carbocycles. The van der Waals surface area contributed by atoms with Gasteiger partial charge in [-0.05, 0) is 24.7 Å². The summed E-state index contributed by atoms with van der Waals surface area (Å²) in [7, 11) is -10.1. The van der Waals surface area contributed by atoms with E-state index >= 15 is 0 Å². The quantitative estimate of drug-likeness (QED) is 0.121. The topological polar surface area (TPSA) is 215 Å². The predicted octanol–water partition coefficient (Wildman–Crippen LogP) is -2.21. The minimum absolute atomic E-state index is 0.0155. The van der Waals surface area contributed by atoms with Crippen molar-refractivity contribution in [3.05, 3.63) is 12.2 Å². The molecule has 1 heterocycles. The Bertz CT molecular complexity index is 920. The molecule has 0 aromatic carbocycles. The zero-order valence-corrected chi connectivity index (χ0v) is 18.2. The van der Waals surface area contributed by atoms with Gasteiger partial charge in [-0.25, -0.2) is 8.37 Å². The second-order valence-corrected chi connectivity index (χ2v) is 9.91. The van der Waals surface area contributed by atoms with Gasteiger partial charge < -0.3 is 25.0 Å². The number of carbonyl (C=O) groups is 1. The number of rotatable bonds is 10. The van der Waals surface area contributed by atoms with Gasteiger partial charge in [0.2, 0.25) is 5.91 Å². The van der Waals surface area contributed by atoms with Crippen LogP contribution in [0.5, 0.6) is 0 Å². The van der Waals surface area contributed by atoms with Gasteiger partial charge in [-0.1, -0.05) is 12.2 Å². The molecule has 0 aromatic rings. The number of nitrogens with one attached hydrogen (secondary N) is 1. The third kappa shape index (κ3) is 6.66. The van der Waals surface area contributed by atoms with E-state index in [2.05, 4.69) is 19.8 Å². The molecule has 3 rings (SSSR count). The number of fused-ring (bicyclic) bond motifs is 2. The van der Waals surface area contributed by atoms with Crippen molar-refractivity contribution in [1.29, 1.82) is 0 Å². The van der Waals surface area contributed by atoms with E-state index in [0.717, 1.165) is 12.8 Å². The summed E-state index contributed by atoms with van der Waals surface area (Å²) in [6, 6.07) is 0. The van der Waals surface area contributed by atoms with Gasteiger partial charge in [-0.3, -0.25) is 13.9 Å². The maximum atomic E-state index is 12.3. The number of hydrogen-bond acceptors (Lipinski definition) is 11. The first-order valence-electron chi connectivity index (χ1n) is 9.71. The average Bonchev–Trinajstić information content (AvgIpc) is 3.31. The summed E-state index contributed by atoms with van der Waals surface area (Å²) in [5.41, 5.74) is 0. The molecule has 0 radical (unpaired) electrons. The lowest BCUT2D eigenvalue weighted by molar-refractivity contribution is -0.295. The molecule has 1 aliphatic heterocycles. The second kappa shape index (κ2) is 9.96. The van der Waals surface area contributed by atoms with Crippen LogP contribution in [0, 0.1) is 17.8 Å². The van der Waals surface area contributed by atoms with E-state index in [0.29, 0.717) is 5.92 Å². The fourth-order valence-corrected chi connectivity index (χ4v) is 4.96. The molecule has 0 aromatic heterocycles. The highest BCUT2D eigenvalue weighted by Gasteiger charge is 2.48. The van der Waals surface area contributed by atoms with Gasteiger partial charge in [0.05, 0.1) is 13.2 Å². The molecule has 1 saturated heterocycles. The van der Waals surface area contributed by atoms with Gasteiger partial charge >= 0.3 is 20.8 Å². The fourth-order valence-electron chi connectivity index (χ4n) is 4.15. The molecule has 5 N–H and O–H groups in total. The summed E-state index contributed by atoms with van der Waals surface area (Å²) in [5, 5.41) is 23.1. The minimum Gasteiger partial charge on any atom is -0.387 e. The van der Waals surface area contributed by atoms with E-state index in [1.807, 2.05) is 6.08 Å². The molecular formula is C16H25NO13S2. The number of amides is 1. The Morgan fingerprint density at radius 1 is 1.06 bits per heavy atom. The maximum absolute atomic E-state index is 12.3. The molecule has 8 atom stereocenters. The van der Waals surface area contributed by atoms with Gasteiger partial charge in [0, 0.05) is 12.5 Å². The summed E-state index contributed by atoms with van der Waals surface area (Å²) in [6.07, 6.45) is -3.37. The van der Waals surface area contributed by atoms with Crippen molar-refractivity contribution in [1.82, 2.24) is 5.32 Å². The highest BCUT2D eigenvalue weighted by molar-refractivity contribution is 7.81. The van der Waals surface area contributed by atoms with Crippen LogP contribution in [0.2, 0.25) is 0 Å². The van der Waals surface area contributed by atoms with Crippen LogP contribution in [-0.2, 0) is 43.4 Å². The molecule has 184 valence electrons. The van der Waals surface area contributed by atoms with Crippen molar-refractivity contribution in [3.63, 3.8) is 0 Å². The Hall–Kier alpha value is -1.21. The van der Waals surface area contributed by atoms with Gasteiger partial charge in [-0.15, -0.1) is 0 Å². The van der Waals surface area contributed by atoms with Crippen molar-refractivity contribution in [3.8, 4) is 0 Å². The van der Waals surface area contributed by atoms with E-state index in [1.54, 1.807) is 0 Å². The highest BCUT2D eigenvalue weighted by Crippen LogP contribution is 2.43. The van der Waals surface area contributed by atoms with Crippen molar-refractivity contribution in [2.24, 2.45) is 17.8 Å². The zero-order chi connectivity index (χ0) is 23.7. The molecule has 14 nitrogen and oxygen atoms in total. The van der Waals surface area contributed by atoms with E-state index < -0.39 is 58.1 Å². The molecular weight excluding hydrogens is 478 g/mol. The van der Waals surface area contributed by atoms with Crippen LogP contribution in [-0.4, -0.2) is 92.5 Å². The van der Waals surface area contributed by atoms with Crippen LogP contribution >= 0.6 is 0 Å². The van der Waals surface area contributed by atoms with Crippen LogP contribution in [0.3, 0.4) is 0 Å².